The average molecular weight is 438 g/mol. The molecule has 0 radical (unpaired) electrons. The highest BCUT2D eigenvalue weighted by Crippen LogP contribution is 2.12. The third-order valence-corrected chi connectivity index (χ3v) is 5.10. The Morgan fingerprint density at radius 3 is 2.50 bits per heavy atom. The summed E-state index contributed by atoms with van der Waals surface area (Å²) < 4.78 is 5.07. The quantitative estimate of drug-likeness (QED) is 0.504. The molecular formula is C21H32ClN5O3. The van der Waals surface area contributed by atoms with Crippen LogP contribution in [0.1, 0.15) is 25.3 Å². The van der Waals surface area contributed by atoms with Gasteiger partial charge in [-0.3, -0.25) is 4.79 Å². The summed E-state index contributed by atoms with van der Waals surface area (Å²) in [6.07, 6.45) is 2.12. The molecule has 2 rings (SSSR count). The summed E-state index contributed by atoms with van der Waals surface area (Å²) in [4.78, 5) is 31.5. The standard InChI is InChI=1S/C21H32ClN5O3/c1-4-30-21(29)27-13-10-18(11-14-27)25-20(24-15-19(28)26(2)3)23-12-9-16-5-7-17(22)8-6-16/h5-8,18H,4,9-15H2,1-3H3,(H2,23,24,25). The molecule has 1 aliphatic rings. The molecule has 9 heteroatoms. The van der Waals surface area contributed by atoms with Gasteiger partial charge in [0.25, 0.3) is 0 Å². The molecule has 1 aromatic carbocycles. The molecule has 1 saturated heterocycles. The van der Waals surface area contributed by atoms with Crippen molar-refractivity contribution in [2.45, 2.75) is 32.2 Å². The van der Waals surface area contributed by atoms with E-state index in [1.165, 1.54) is 10.5 Å². The van der Waals surface area contributed by atoms with Crippen molar-refractivity contribution in [2.75, 3.05) is 46.9 Å². The van der Waals surface area contributed by atoms with Gasteiger partial charge < -0.3 is 25.2 Å². The lowest BCUT2D eigenvalue weighted by Crippen LogP contribution is -2.50. The minimum Gasteiger partial charge on any atom is -0.450 e. The topological polar surface area (TPSA) is 86.3 Å². The number of ether oxygens (including phenoxy) is 1. The fourth-order valence-corrected chi connectivity index (χ4v) is 3.16. The maximum absolute atomic E-state index is 11.9. The second kappa shape index (κ2) is 12.3. The van der Waals surface area contributed by atoms with Crippen LogP contribution >= 0.6 is 11.6 Å². The lowest BCUT2D eigenvalue weighted by Gasteiger charge is -2.32. The molecule has 166 valence electrons. The van der Waals surface area contributed by atoms with Crippen molar-refractivity contribution in [1.82, 2.24) is 20.4 Å². The number of amides is 2. The number of benzene rings is 1. The molecule has 1 aliphatic heterocycles. The van der Waals surface area contributed by atoms with Gasteiger partial charge in [-0.1, -0.05) is 23.7 Å². The van der Waals surface area contributed by atoms with Crippen molar-refractivity contribution >= 4 is 29.6 Å². The van der Waals surface area contributed by atoms with Crippen LogP contribution in [0.3, 0.4) is 0 Å². The SMILES string of the molecule is CCOC(=O)N1CCC(NC(=NCC(=O)N(C)C)NCCc2ccc(Cl)cc2)CC1. The summed E-state index contributed by atoms with van der Waals surface area (Å²) in [5.74, 6) is 0.541. The van der Waals surface area contributed by atoms with E-state index in [0.29, 0.717) is 37.2 Å². The molecule has 0 aliphatic carbocycles. The van der Waals surface area contributed by atoms with Crippen molar-refractivity contribution in [3.63, 3.8) is 0 Å². The number of nitrogens with one attached hydrogen (secondary N) is 2. The first-order valence-corrected chi connectivity index (χ1v) is 10.7. The molecule has 0 unspecified atom stereocenters. The number of carbonyl (C=O) groups is 2. The van der Waals surface area contributed by atoms with Crippen molar-refractivity contribution < 1.29 is 14.3 Å². The maximum Gasteiger partial charge on any atom is 0.409 e. The molecule has 1 aromatic rings. The molecule has 2 N–H and O–H groups in total. The Kier molecular flexibility index (Phi) is 9.73. The Labute approximate surface area is 183 Å². The molecule has 8 nitrogen and oxygen atoms in total. The predicted octanol–water partition coefficient (Wildman–Crippen LogP) is 2.13. The highest BCUT2D eigenvalue weighted by Gasteiger charge is 2.24. The largest absolute Gasteiger partial charge is 0.450 e. The van der Waals surface area contributed by atoms with E-state index in [2.05, 4.69) is 15.6 Å². The molecule has 1 heterocycles. The van der Waals surface area contributed by atoms with Crippen LogP contribution in [-0.2, 0) is 16.0 Å². The molecule has 0 spiro atoms. The van der Waals surface area contributed by atoms with E-state index >= 15 is 0 Å². The molecule has 1 fully saturated rings. The number of likely N-dealkylation sites (N-methyl/N-ethyl adjacent to an activating group) is 1. The van der Waals surface area contributed by atoms with E-state index in [0.717, 1.165) is 19.3 Å². The summed E-state index contributed by atoms with van der Waals surface area (Å²) >= 11 is 5.94. The van der Waals surface area contributed by atoms with Crippen molar-refractivity contribution in [1.29, 1.82) is 0 Å². The predicted molar refractivity (Wildman–Crippen MR) is 119 cm³/mol. The van der Waals surface area contributed by atoms with Crippen molar-refractivity contribution in [2.24, 2.45) is 4.99 Å². The first kappa shape index (κ1) is 23.8. The fraction of sp³-hybridized carbons (Fsp3) is 0.571. The van der Waals surface area contributed by atoms with Gasteiger partial charge in [-0.2, -0.15) is 0 Å². The van der Waals surface area contributed by atoms with Gasteiger partial charge in [-0.15, -0.1) is 0 Å². The zero-order valence-electron chi connectivity index (χ0n) is 18.0. The second-order valence-electron chi connectivity index (χ2n) is 7.36. The number of piperidine rings is 1. The Morgan fingerprint density at radius 1 is 1.23 bits per heavy atom. The number of rotatable bonds is 7. The maximum atomic E-state index is 11.9. The molecule has 0 saturated carbocycles. The second-order valence-corrected chi connectivity index (χ2v) is 7.80. The number of aliphatic imine (C=N–C) groups is 1. The van der Waals surface area contributed by atoms with Crippen LogP contribution in [0.2, 0.25) is 5.02 Å². The monoisotopic (exact) mass is 437 g/mol. The van der Waals surface area contributed by atoms with E-state index < -0.39 is 0 Å². The normalized spacial score (nSPS) is 14.9. The molecule has 0 bridgehead atoms. The van der Waals surface area contributed by atoms with Gasteiger partial charge in [0.1, 0.15) is 6.54 Å². The highest BCUT2D eigenvalue weighted by atomic mass is 35.5. The average Bonchev–Trinajstić information content (AvgIpc) is 2.73. The van der Waals surface area contributed by atoms with Crippen LogP contribution < -0.4 is 10.6 Å². The van der Waals surface area contributed by atoms with E-state index in [-0.39, 0.29) is 24.6 Å². The van der Waals surface area contributed by atoms with Crippen LogP contribution in [0.5, 0.6) is 0 Å². The highest BCUT2D eigenvalue weighted by molar-refractivity contribution is 6.30. The van der Waals surface area contributed by atoms with Crippen molar-refractivity contribution in [3.05, 3.63) is 34.9 Å². The Morgan fingerprint density at radius 2 is 1.90 bits per heavy atom. The zero-order valence-corrected chi connectivity index (χ0v) is 18.7. The summed E-state index contributed by atoms with van der Waals surface area (Å²) in [5, 5.41) is 7.43. The van der Waals surface area contributed by atoms with Crippen LogP contribution in [0.25, 0.3) is 0 Å². The van der Waals surface area contributed by atoms with Crippen molar-refractivity contribution in [3.8, 4) is 0 Å². The van der Waals surface area contributed by atoms with Crippen LogP contribution in [-0.4, -0.2) is 80.7 Å². The van der Waals surface area contributed by atoms with Gasteiger partial charge >= 0.3 is 6.09 Å². The van der Waals surface area contributed by atoms with Crippen LogP contribution in [0.15, 0.2) is 29.3 Å². The van der Waals surface area contributed by atoms with Gasteiger partial charge in [0.15, 0.2) is 5.96 Å². The fourth-order valence-electron chi connectivity index (χ4n) is 3.03. The number of halogens is 1. The number of hydrogen-bond donors (Lipinski definition) is 2. The summed E-state index contributed by atoms with van der Waals surface area (Å²) in [6, 6.07) is 7.91. The minimum absolute atomic E-state index is 0.0640. The Bertz CT molecular complexity index is 716. The third-order valence-electron chi connectivity index (χ3n) is 4.85. The molecular weight excluding hydrogens is 406 g/mol. The summed E-state index contributed by atoms with van der Waals surface area (Å²) in [7, 11) is 3.42. The first-order valence-electron chi connectivity index (χ1n) is 10.3. The van der Waals surface area contributed by atoms with Gasteiger partial charge in [-0.05, 0) is 43.9 Å². The summed E-state index contributed by atoms with van der Waals surface area (Å²) in [6.45, 7) is 4.19. The number of likely N-dealkylation sites (tertiary alicyclic amines) is 1. The molecule has 2 amide bonds. The zero-order chi connectivity index (χ0) is 21.9. The lowest BCUT2D eigenvalue weighted by atomic mass is 10.1. The third kappa shape index (κ3) is 8.10. The molecule has 0 atom stereocenters. The molecule has 30 heavy (non-hydrogen) atoms. The number of hydrogen-bond acceptors (Lipinski definition) is 4. The number of nitrogens with zero attached hydrogens (tertiary/aromatic N) is 3. The van der Waals surface area contributed by atoms with Gasteiger partial charge in [0, 0.05) is 44.8 Å². The Hall–Kier alpha value is -2.48. The van der Waals surface area contributed by atoms with Gasteiger partial charge in [-0.25, -0.2) is 9.79 Å². The van der Waals surface area contributed by atoms with Crippen LogP contribution in [0, 0.1) is 0 Å². The summed E-state index contributed by atoms with van der Waals surface area (Å²) in [5.41, 5.74) is 1.17. The first-order chi connectivity index (χ1) is 14.4. The van der Waals surface area contributed by atoms with Crippen LogP contribution in [0.4, 0.5) is 4.79 Å². The molecule has 0 aromatic heterocycles. The van der Waals surface area contributed by atoms with Gasteiger partial charge in [0.05, 0.1) is 6.61 Å². The van der Waals surface area contributed by atoms with E-state index in [4.69, 9.17) is 16.3 Å². The number of carbonyl (C=O) groups excluding carboxylic acids is 2. The smallest absolute Gasteiger partial charge is 0.409 e. The van der Waals surface area contributed by atoms with E-state index in [9.17, 15) is 9.59 Å². The van der Waals surface area contributed by atoms with E-state index in [1.807, 2.05) is 24.3 Å². The number of guanidine groups is 1. The van der Waals surface area contributed by atoms with Gasteiger partial charge in [0.2, 0.25) is 5.91 Å². The minimum atomic E-state index is -0.262. The lowest BCUT2D eigenvalue weighted by molar-refractivity contribution is -0.127. The van der Waals surface area contributed by atoms with E-state index in [1.54, 1.807) is 25.9 Å². The Balaban J connectivity index is 1.89.